The highest BCUT2D eigenvalue weighted by Crippen LogP contribution is 2.46. The van der Waals surface area contributed by atoms with E-state index in [2.05, 4.69) is 21.9 Å². The van der Waals surface area contributed by atoms with E-state index in [9.17, 15) is 32.0 Å². The number of hydrogen-bond acceptors (Lipinski definition) is 9. The smallest absolute Gasteiger partial charge is 0.259 e. The molecule has 3 fully saturated rings. The molecule has 4 amide bonds. The van der Waals surface area contributed by atoms with E-state index in [-0.39, 0.29) is 19.4 Å². The Kier molecular flexibility index (Phi) is 10.2. The third-order valence-corrected chi connectivity index (χ3v) is 11.8. The Morgan fingerprint density at radius 2 is 1.83 bits per heavy atom. The van der Waals surface area contributed by atoms with Crippen molar-refractivity contribution in [2.45, 2.75) is 75.4 Å². The van der Waals surface area contributed by atoms with E-state index in [1.165, 1.54) is 11.0 Å². The second-order valence-electron chi connectivity index (χ2n) is 14.9. The maximum Gasteiger partial charge on any atom is 0.259 e. The summed E-state index contributed by atoms with van der Waals surface area (Å²) in [6, 6.07) is 14.2. The van der Waals surface area contributed by atoms with Crippen molar-refractivity contribution in [3.63, 3.8) is 0 Å². The molecule has 13 nitrogen and oxygen atoms in total. The van der Waals surface area contributed by atoms with Crippen LogP contribution in [0.5, 0.6) is 11.5 Å². The molecule has 0 bridgehead atoms. The number of halogens is 1. The first-order valence-corrected chi connectivity index (χ1v) is 19.0. The molecule has 1 aromatic heterocycles. The normalized spacial score (nSPS) is 23.1. The average molecular weight is 750 g/mol. The molecule has 2 saturated carbocycles. The third kappa shape index (κ3) is 7.85. The van der Waals surface area contributed by atoms with Crippen LogP contribution in [0.1, 0.15) is 46.5 Å². The van der Waals surface area contributed by atoms with Gasteiger partial charge in [0.05, 0.1) is 30.1 Å². The number of nitrogens with one attached hydrogen (secondary N) is 3. The molecule has 5 unspecified atom stereocenters. The lowest BCUT2D eigenvalue weighted by atomic mass is 9.85. The Morgan fingerprint density at radius 1 is 1.11 bits per heavy atom. The van der Waals surface area contributed by atoms with Crippen molar-refractivity contribution in [3.05, 3.63) is 67.3 Å². The number of nitrogens with zero attached hydrogens (tertiary/aromatic N) is 2. The van der Waals surface area contributed by atoms with Crippen molar-refractivity contribution in [3.8, 4) is 22.8 Å². The Morgan fingerprint density at radius 3 is 2.43 bits per heavy atom. The molecular weight excluding hydrogens is 706 g/mol. The first-order chi connectivity index (χ1) is 25.1. The molecule has 5 atom stereocenters. The second-order valence-corrected chi connectivity index (χ2v) is 16.9. The van der Waals surface area contributed by atoms with Crippen LogP contribution in [0, 0.1) is 11.3 Å². The summed E-state index contributed by atoms with van der Waals surface area (Å²) >= 11 is 0. The van der Waals surface area contributed by atoms with Gasteiger partial charge in [-0.05, 0) is 36.8 Å². The number of pyridine rings is 1. The van der Waals surface area contributed by atoms with Crippen molar-refractivity contribution in [2.24, 2.45) is 11.3 Å². The van der Waals surface area contributed by atoms with E-state index in [0.717, 1.165) is 5.56 Å². The van der Waals surface area contributed by atoms with Crippen molar-refractivity contribution in [1.29, 1.82) is 0 Å². The fourth-order valence-corrected chi connectivity index (χ4v) is 8.11. The van der Waals surface area contributed by atoms with Crippen molar-refractivity contribution < 1.29 is 41.5 Å². The minimum Gasteiger partial charge on any atom is -0.497 e. The third-order valence-electron chi connectivity index (χ3n) is 9.98. The van der Waals surface area contributed by atoms with Crippen LogP contribution in [0.2, 0.25) is 0 Å². The standard InChI is InChI=1S/C38H44FN5O8S/c1-6-23-19-38(23,36(48)43-53(49,50)26-13-14-26)42-34(46)30-17-25(21-44(30)35(47)33(37(2,3)4)41-32(45)20-39)52-31-18-28(22-10-8-7-9-11-22)40-29-16-24(51-5)12-15-27(29)31/h6-12,15-16,18,23,25-26,30,33H,1,13-14,17,19-21H2,2-5H3,(H,41,45)(H,42,46)(H,43,48). The number of aromatic nitrogens is 1. The van der Waals surface area contributed by atoms with E-state index >= 15 is 0 Å². The van der Waals surface area contributed by atoms with Gasteiger partial charge < -0.3 is 25.0 Å². The summed E-state index contributed by atoms with van der Waals surface area (Å²) in [6.07, 6.45) is 1.67. The average Bonchev–Trinajstić information content (AvgIpc) is 4.06. The molecule has 0 radical (unpaired) electrons. The second kappa shape index (κ2) is 14.4. The number of alkyl halides is 1. The summed E-state index contributed by atoms with van der Waals surface area (Å²) in [4.78, 5) is 60.4. The van der Waals surface area contributed by atoms with E-state index < -0.39 is 80.6 Å². The first-order valence-electron chi connectivity index (χ1n) is 17.5. The minimum absolute atomic E-state index is 0.0248. The van der Waals surface area contributed by atoms with Crippen LogP contribution in [-0.2, 0) is 29.2 Å². The first kappa shape index (κ1) is 37.7. The van der Waals surface area contributed by atoms with Gasteiger partial charge in [-0.15, -0.1) is 6.58 Å². The highest BCUT2D eigenvalue weighted by molar-refractivity contribution is 7.91. The summed E-state index contributed by atoms with van der Waals surface area (Å²) in [5, 5.41) is 5.21. The van der Waals surface area contributed by atoms with Crippen LogP contribution in [0.3, 0.4) is 0 Å². The molecule has 2 aromatic carbocycles. The molecule has 1 saturated heterocycles. The van der Waals surface area contributed by atoms with Gasteiger partial charge in [-0.2, -0.15) is 0 Å². The number of fused-ring (bicyclic) bond motifs is 1. The van der Waals surface area contributed by atoms with Gasteiger partial charge in [0.1, 0.15) is 35.2 Å². The zero-order valence-corrected chi connectivity index (χ0v) is 30.9. The van der Waals surface area contributed by atoms with Gasteiger partial charge in [-0.3, -0.25) is 23.9 Å². The zero-order chi connectivity index (χ0) is 38.3. The summed E-state index contributed by atoms with van der Waals surface area (Å²) in [7, 11) is -2.37. The Hall–Kier alpha value is -5.05. The number of rotatable bonds is 13. The number of ether oxygens (including phenoxy) is 2. The molecule has 6 rings (SSSR count). The fraction of sp³-hybridized carbons (Fsp3) is 0.447. The summed E-state index contributed by atoms with van der Waals surface area (Å²) < 4.78 is 53.0. The predicted octanol–water partition coefficient (Wildman–Crippen LogP) is 3.43. The van der Waals surface area contributed by atoms with Gasteiger partial charge in [-0.1, -0.05) is 57.2 Å². The van der Waals surface area contributed by atoms with E-state index in [0.29, 0.717) is 40.9 Å². The van der Waals surface area contributed by atoms with Crippen LogP contribution in [0.4, 0.5) is 4.39 Å². The maximum absolute atomic E-state index is 14.3. The summed E-state index contributed by atoms with van der Waals surface area (Å²) in [5.41, 5.74) is -0.462. The number of carbonyl (C=O) groups excluding carboxylic acids is 4. The number of sulfonamides is 1. The molecule has 53 heavy (non-hydrogen) atoms. The number of hydrogen-bond donors (Lipinski definition) is 3. The van der Waals surface area contributed by atoms with Gasteiger partial charge in [0, 0.05) is 35.4 Å². The van der Waals surface area contributed by atoms with E-state index in [1.54, 1.807) is 52.1 Å². The predicted molar refractivity (Wildman–Crippen MR) is 195 cm³/mol. The van der Waals surface area contributed by atoms with Crippen LogP contribution < -0.4 is 24.8 Å². The molecule has 2 aliphatic carbocycles. The zero-order valence-electron chi connectivity index (χ0n) is 30.1. The van der Waals surface area contributed by atoms with Crippen molar-refractivity contribution in [2.75, 3.05) is 20.3 Å². The van der Waals surface area contributed by atoms with Crippen LogP contribution >= 0.6 is 0 Å². The minimum atomic E-state index is -3.92. The fourth-order valence-electron chi connectivity index (χ4n) is 6.75. The summed E-state index contributed by atoms with van der Waals surface area (Å²) in [5.74, 6) is -2.76. The maximum atomic E-state index is 14.3. The molecule has 282 valence electrons. The Bertz CT molecular complexity index is 2050. The quantitative estimate of drug-likeness (QED) is 0.222. The number of amides is 4. The van der Waals surface area contributed by atoms with Gasteiger partial charge in [0.15, 0.2) is 6.67 Å². The molecule has 15 heteroatoms. The molecule has 3 N–H and O–H groups in total. The number of carbonyl (C=O) groups is 4. The van der Waals surface area contributed by atoms with Gasteiger partial charge >= 0.3 is 0 Å². The SMILES string of the molecule is C=CC1CC1(NC(=O)C1CC(Oc2cc(-c3ccccc3)nc3cc(OC)ccc23)CN1C(=O)C(NC(=O)CF)C(C)(C)C)C(=O)NS(=O)(=O)C1CC1. The largest absolute Gasteiger partial charge is 0.497 e. The van der Waals surface area contributed by atoms with Crippen molar-refractivity contribution in [1.82, 2.24) is 25.2 Å². The van der Waals surface area contributed by atoms with Crippen LogP contribution in [-0.4, -0.2) is 91.2 Å². The highest BCUT2D eigenvalue weighted by Gasteiger charge is 2.62. The topological polar surface area (TPSA) is 173 Å². The lowest BCUT2D eigenvalue weighted by molar-refractivity contribution is -0.144. The van der Waals surface area contributed by atoms with Gasteiger partial charge in [0.25, 0.3) is 11.8 Å². The van der Waals surface area contributed by atoms with E-state index in [4.69, 9.17) is 14.5 Å². The van der Waals surface area contributed by atoms with Crippen LogP contribution in [0.25, 0.3) is 22.2 Å². The number of likely N-dealkylation sites (tertiary alicyclic amines) is 1. The molecule has 3 aromatic rings. The monoisotopic (exact) mass is 749 g/mol. The van der Waals surface area contributed by atoms with E-state index in [1.807, 2.05) is 30.3 Å². The number of benzene rings is 2. The summed E-state index contributed by atoms with van der Waals surface area (Å²) in [6.45, 7) is 7.42. The Labute approximate surface area is 307 Å². The molecule has 1 aliphatic heterocycles. The van der Waals surface area contributed by atoms with Crippen LogP contribution in [0.15, 0.2) is 67.3 Å². The van der Waals surface area contributed by atoms with Gasteiger partial charge in [-0.25, -0.2) is 17.8 Å². The highest BCUT2D eigenvalue weighted by atomic mass is 32.2. The Balaban J connectivity index is 1.34. The lowest BCUT2D eigenvalue weighted by Crippen LogP contribution is -2.60. The van der Waals surface area contributed by atoms with Gasteiger partial charge in [0.2, 0.25) is 21.8 Å². The molecular formula is C38H44FN5O8S. The number of methoxy groups -OCH3 is 1. The van der Waals surface area contributed by atoms with Crippen molar-refractivity contribution >= 4 is 44.6 Å². The lowest BCUT2D eigenvalue weighted by Gasteiger charge is -2.35. The molecule has 0 spiro atoms. The molecule has 2 heterocycles. The molecule has 3 aliphatic rings.